The first-order chi connectivity index (χ1) is 21.1. The molecule has 224 valence electrons. The zero-order valence-corrected chi connectivity index (χ0v) is 24.2. The second-order valence-corrected chi connectivity index (χ2v) is 9.86. The predicted molar refractivity (Wildman–Crippen MR) is 160 cm³/mol. The molecule has 4 aromatic rings. The van der Waals surface area contributed by atoms with Crippen LogP contribution in [0.2, 0.25) is 0 Å². The molecule has 7 nitrogen and oxygen atoms in total. The number of rotatable bonds is 7. The van der Waals surface area contributed by atoms with Gasteiger partial charge in [0, 0.05) is 41.8 Å². The number of anilines is 1. The zero-order valence-electron chi connectivity index (χ0n) is 24.2. The average molecular weight is 600 g/mol. The summed E-state index contributed by atoms with van der Waals surface area (Å²) in [6, 6.07) is 18.9. The first kappa shape index (κ1) is 30.0. The van der Waals surface area contributed by atoms with Crippen LogP contribution < -0.4 is 19.1 Å². The number of nitrogens with zero attached hydrogens (tertiary/aromatic N) is 3. The molecular weight excluding hydrogens is 571 g/mol. The number of ether oxygens (including phenoxy) is 3. The van der Waals surface area contributed by atoms with Gasteiger partial charge < -0.3 is 14.2 Å². The van der Waals surface area contributed by atoms with Crippen LogP contribution >= 0.6 is 0 Å². The van der Waals surface area contributed by atoms with Crippen LogP contribution in [0.1, 0.15) is 27.8 Å². The molecule has 5 rings (SSSR count). The van der Waals surface area contributed by atoms with Crippen molar-refractivity contribution in [1.82, 2.24) is 9.88 Å². The van der Waals surface area contributed by atoms with Crippen LogP contribution in [-0.4, -0.2) is 36.7 Å². The molecule has 0 fully saturated rings. The van der Waals surface area contributed by atoms with E-state index in [1.165, 1.54) is 18.3 Å². The molecule has 0 saturated heterocycles. The van der Waals surface area contributed by atoms with Gasteiger partial charge in [0.1, 0.15) is 5.75 Å². The number of halogens is 3. The summed E-state index contributed by atoms with van der Waals surface area (Å²) in [6.45, 7) is 2.68. The number of alkyl halides is 3. The Kier molecular flexibility index (Phi) is 8.76. The molecule has 0 atom stereocenters. The van der Waals surface area contributed by atoms with Gasteiger partial charge >= 0.3 is 12.2 Å². The minimum atomic E-state index is -4.39. The number of carbonyl (C=O) groups is 1. The molecule has 1 aliphatic heterocycles. The van der Waals surface area contributed by atoms with Gasteiger partial charge in [-0.25, -0.2) is 9.78 Å². The molecule has 0 saturated carbocycles. The Hall–Kier alpha value is -5.43. The van der Waals surface area contributed by atoms with Gasteiger partial charge in [-0.15, -0.1) is 0 Å². The summed E-state index contributed by atoms with van der Waals surface area (Å²) >= 11 is 0. The Labute approximate surface area is 253 Å². The minimum absolute atomic E-state index is 0.162. The third-order valence-electron chi connectivity index (χ3n) is 6.84. The third kappa shape index (κ3) is 6.95. The molecule has 0 spiro atoms. The average Bonchev–Trinajstić information content (AvgIpc) is 3.02. The minimum Gasteiger partial charge on any atom is -0.493 e. The molecule has 3 aromatic carbocycles. The largest absolute Gasteiger partial charge is 0.493 e. The molecule has 1 aromatic heterocycles. The van der Waals surface area contributed by atoms with Crippen molar-refractivity contribution in [2.24, 2.45) is 0 Å². The Bertz CT molecular complexity index is 1740. The maximum atomic E-state index is 13.4. The monoisotopic (exact) mass is 599 g/mol. The number of carbonyl (C=O) groups excluding carboxylic acids is 1. The van der Waals surface area contributed by atoms with E-state index in [2.05, 4.69) is 16.8 Å². The van der Waals surface area contributed by atoms with Gasteiger partial charge in [0.2, 0.25) is 5.88 Å². The third-order valence-corrected chi connectivity index (χ3v) is 6.84. The number of urea groups is 1. The first-order valence-electron chi connectivity index (χ1n) is 13.5. The van der Waals surface area contributed by atoms with Crippen LogP contribution in [0.15, 0.2) is 91.3 Å². The molecule has 0 aliphatic carbocycles. The molecule has 2 amide bonds. The maximum Gasteiger partial charge on any atom is 0.416 e. The molecular formula is C34H28F3N3O4. The number of hydrogen-bond donors (Lipinski definition) is 0. The molecule has 0 N–H and O–H groups in total. The maximum absolute atomic E-state index is 13.4. The molecule has 1 aliphatic rings. The van der Waals surface area contributed by atoms with Gasteiger partial charge in [0.15, 0.2) is 11.5 Å². The van der Waals surface area contributed by atoms with Crippen LogP contribution in [-0.2, 0) is 12.7 Å². The van der Waals surface area contributed by atoms with Crippen molar-refractivity contribution in [2.45, 2.75) is 19.6 Å². The standard InChI is InChI=1S/C34H28F3N3O4/c1-23-19-28(40-18-4-17-39(33(40)41)22-26-9-14-30(42-2)31(20-26)43-3)13-15-29(23)44-32-16-10-25(21-38-32)6-5-24-7-11-27(12-8-24)34(35,36)37/h4,7-17,19-21H,18,22H2,1-3H3. The van der Waals surface area contributed by atoms with E-state index in [1.54, 1.807) is 48.4 Å². The Balaban J connectivity index is 1.23. The van der Waals surface area contributed by atoms with E-state index in [1.807, 2.05) is 43.3 Å². The van der Waals surface area contributed by atoms with Gasteiger partial charge in [-0.2, -0.15) is 13.2 Å². The summed E-state index contributed by atoms with van der Waals surface area (Å²) < 4.78 is 54.9. The topological polar surface area (TPSA) is 64.1 Å². The lowest BCUT2D eigenvalue weighted by Crippen LogP contribution is -2.43. The molecule has 0 bridgehead atoms. The summed E-state index contributed by atoms with van der Waals surface area (Å²) in [4.78, 5) is 21.0. The number of aryl methyl sites for hydroxylation is 1. The number of pyridine rings is 1. The number of benzene rings is 3. The highest BCUT2D eigenvalue weighted by Crippen LogP contribution is 2.32. The van der Waals surface area contributed by atoms with E-state index in [-0.39, 0.29) is 6.03 Å². The highest BCUT2D eigenvalue weighted by molar-refractivity contribution is 5.94. The molecule has 44 heavy (non-hydrogen) atoms. The van der Waals surface area contributed by atoms with E-state index in [4.69, 9.17) is 14.2 Å². The van der Waals surface area contributed by atoms with Crippen molar-refractivity contribution in [2.75, 3.05) is 25.7 Å². The van der Waals surface area contributed by atoms with Crippen LogP contribution in [0.25, 0.3) is 0 Å². The highest BCUT2D eigenvalue weighted by atomic mass is 19.4. The summed E-state index contributed by atoms with van der Waals surface area (Å²) in [5.41, 5.74) is 2.75. The number of amides is 2. The Morgan fingerprint density at radius 1 is 0.864 bits per heavy atom. The van der Waals surface area contributed by atoms with E-state index in [9.17, 15) is 18.0 Å². The second-order valence-electron chi connectivity index (χ2n) is 9.86. The van der Waals surface area contributed by atoms with Gasteiger partial charge in [0.25, 0.3) is 0 Å². The van der Waals surface area contributed by atoms with Crippen LogP contribution in [0.5, 0.6) is 23.1 Å². The van der Waals surface area contributed by atoms with Crippen molar-refractivity contribution in [3.05, 3.63) is 119 Å². The van der Waals surface area contributed by atoms with Gasteiger partial charge in [-0.3, -0.25) is 9.80 Å². The zero-order chi connectivity index (χ0) is 31.3. The van der Waals surface area contributed by atoms with Crippen molar-refractivity contribution < 1.29 is 32.2 Å². The van der Waals surface area contributed by atoms with E-state index >= 15 is 0 Å². The SMILES string of the molecule is COc1ccc(CN2C=CCN(c3ccc(Oc4ccc(C#Cc5ccc(C(F)(F)F)cc5)cn4)c(C)c3)C2=O)cc1OC. The summed E-state index contributed by atoms with van der Waals surface area (Å²) in [5, 5.41) is 0. The number of aromatic nitrogens is 1. The smallest absolute Gasteiger partial charge is 0.416 e. The van der Waals surface area contributed by atoms with Gasteiger partial charge in [-0.1, -0.05) is 17.9 Å². The van der Waals surface area contributed by atoms with Gasteiger partial charge in [0.05, 0.1) is 26.3 Å². The van der Waals surface area contributed by atoms with E-state index in [0.29, 0.717) is 47.3 Å². The van der Waals surface area contributed by atoms with Gasteiger partial charge in [-0.05, 0) is 84.8 Å². The normalized spacial score (nSPS) is 12.9. The number of hydrogen-bond acceptors (Lipinski definition) is 5. The lowest BCUT2D eigenvalue weighted by molar-refractivity contribution is -0.137. The molecule has 2 heterocycles. The lowest BCUT2D eigenvalue weighted by atomic mass is 10.1. The first-order valence-corrected chi connectivity index (χ1v) is 13.5. The lowest BCUT2D eigenvalue weighted by Gasteiger charge is -2.32. The fourth-order valence-electron chi connectivity index (χ4n) is 4.52. The Morgan fingerprint density at radius 3 is 2.23 bits per heavy atom. The molecule has 0 radical (unpaired) electrons. The van der Waals surface area contributed by atoms with Crippen molar-refractivity contribution in [3.8, 4) is 35.0 Å². The van der Waals surface area contributed by atoms with Crippen LogP contribution in [0.4, 0.5) is 23.7 Å². The quantitative estimate of drug-likeness (QED) is 0.205. The van der Waals surface area contributed by atoms with E-state index < -0.39 is 11.7 Å². The van der Waals surface area contributed by atoms with E-state index in [0.717, 1.165) is 28.9 Å². The second kappa shape index (κ2) is 12.8. The summed E-state index contributed by atoms with van der Waals surface area (Å²) in [6.07, 6.45) is 0.848. The number of methoxy groups -OCH3 is 2. The summed E-state index contributed by atoms with van der Waals surface area (Å²) in [7, 11) is 3.14. The summed E-state index contributed by atoms with van der Waals surface area (Å²) in [5.74, 6) is 7.86. The highest BCUT2D eigenvalue weighted by Gasteiger charge is 2.30. The predicted octanol–water partition coefficient (Wildman–Crippen LogP) is 7.57. The fraction of sp³-hybridized carbons (Fsp3) is 0.176. The van der Waals surface area contributed by atoms with Crippen LogP contribution in [0.3, 0.4) is 0 Å². The van der Waals surface area contributed by atoms with Crippen molar-refractivity contribution in [1.29, 1.82) is 0 Å². The van der Waals surface area contributed by atoms with Crippen LogP contribution in [0, 0.1) is 18.8 Å². The van der Waals surface area contributed by atoms with Crippen molar-refractivity contribution >= 4 is 11.7 Å². The molecule has 10 heteroatoms. The van der Waals surface area contributed by atoms with Crippen molar-refractivity contribution in [3.63, 3.8) is 0 Å². The fourth-order valence-corrected chi connectivity index (χ4v) is 4.52. The molecule has 0 unspecified atom stereocenters. The Morgan fingerprint density at radius 2 is 1.57 bits per heavy atom.